The highest BCUT2D eigenvalue weighted by Crippen LogP contribution is 2.36. The predicted molar refractivity (Wildman–Crippen MR) is 147 cm³/mol. The second-order valence-corrected chi connectivity index (χ2v) is 12.9. The number of amides is 1. The lowest BCUT2D eigenvalue weighted by atomic mass is 9.87. The minimum Gasteiger partial charge on any atom is -0.348 e. The number of rotatable bonds is 16. The minimum absolute atomic E-state index is 0.199. The molecule has 9 heteroatoms. The summed E-state index contributed by atoms with van der Waals surface area (Å²) < 4.78 is 22.0. The lowest BCUT2D eigenvalue weighted by Gasteiger charge is -2.48. The second kappa shape index (κ2) is 14.9. The molecule has 0 radical (unpaired) electrons. The quantitative estimate of drug-likeness (QED) is 0.119. The molecule has 0 aliphatic carbocycles. The topological polar surface area (TPSA) is 66.0 Å². The first-order valence-electron chi connectivity index (χ1n) is 13.6. The molecule has 1 N–H and O–H groups in total. The van der Waals surface area contributed by atoms with Gasteiger partial charge in [-0.25, -0.2) is 0 Å². The van der Waals surface area contributed by atoms with Crippen LogP contribution in [0.4, 0.5) is 0 Å². The van der Waals surface area contributed by atoms with E-state index in [0.29, 0.717) is 13.2 Å². The van der Waals surface area contributed by atoms with E-state index >= 15 is 0 Å². The number of unbranched alkanes of at least 4 members (excludes halogenated alkanes) is 8. The van der Waals surface area contributed by atoms with Crippen LogP contribution in [0.15, 0.2) is 12.7 Å². The Morgan fingerprint density at radius 3 is 2.06 bits per heavy atom. The largest absolute Gasteiger partial charge is 0.348 e. The molecule has 2 atom stereocenters. The SMILES string of the molecule is C=C[C@@]1(NC(=O)C(Cl)(Cl)Cl)COC(C)(C)O[C@@H]1CCCCCCCCC1(CCCCCC)OCCO1. The van der Waals surface area contributed by atoms with E-state index in [0.717, 1.165) is 44.9 Å². The number of ether oxygens (including phenoxy) is 4. The number of hydrogen-bond acceptors (Lipinski definition) is 5. The maximum absolute atomic E-state index is 12.4. The van der Waals surface area contributed by atoms with Gasteiger partial charge in [0.05, 0.1) is 25.9 Å². The van der Waals surface area contributed by atoms with Crippen molar-refractivity contribution >= 4 is 40.7 Å². The van der Waals surface area contributed by atoms with Crippen LogP contribution in [0.2, 0.25) is 0 Å². The van der Waals surface area contributed by atoms with Crippen molar-refractivity contribution in [3.63, 3.8) is 0 Å². The van der Waals surface area contributed by atoms with Crippen LogP contribution in [0.1, 0.15) is 104 Å². The molecule has 2 fully saturated rings. The summed E-state index contributed by atoms with van der Waals surface area (Å²) in [5, 5.41) is 2.80. The summed E-state index contributed by atoms with van der Waals surface area (Å²) in [5.41, 5.74) is -0.955. The third-order valence-electron chi connectivity index (χ3n) is 7.13. The van der Waals surface area contributed by atoms with E-state index in [9.17, 15) is 4.79 Å². The van der Waals surface area contributed by atoms with Crippen molar-refractivity contribution in [2.24, 2.45) is 0 Å². The van der Waals surface area contributed by atoms with Crippen molar-refractivity contribution < 1.29 is 23.7 Å². The Kier molecular flexibility index (Phi) is 13.3. The Morgan fingerprint density at radius 2 is 1.50 bits per heavy atom. The second-order valence-electron chi connectivity index (χ2n) is 10.6. The number of alkyl halides is 3. The van der Waals surface area contributed by atoms with Crippen LogP contribution in [-0.2, 0) is 23.7 Å². The molecule has 2 aliphatic heterocycles. The normalized spacial score (nSPS) is 25.6. The smallest absolute Gasteiger partial charge is 0.272 e. The minimum atomic E-state index is -2.07. The predicted octanol–water partition coefficient (Wildman–Crippen LogP) is 7.38. The average Bonchev–Trinajstić information content (AvgIpc) is 3.28. The Hall–Kier alpha value is -0.0800. The summed E-state index contributed by atoms with van der Waals surface area (Å²) in [5.74, 6) is -1.83. The molecular weight excluding hydrogens is 525 g/mol. The van der Waals surface area contributed by atoms with Gasteiger partial charge in [0, 0.05) is 12.8 Å². The molecule has 0 unspecified atom stereocenters. The molecule has 2 heterocycles. The van der Waals surface area contributed by atoms with Crippen molar-refractivity contribution in [3.8, 4) is 0 Å². The highest BCUT2D eigenvalue weighted by Gasteiger charge is 2.49. The van der Waals surface area contributed by atoms with Gasteiger partial charge in [0.25, 0.3) is 9.70 Å². The van der Waals surface area contributed by atoms with Gasteiger partial charge in [-0.15, -0.1) is 6.58 Å². The molecule has 1 amide bonds. The first-order chi connectivity index (χ1) is 17.0. The zero-order valence-corrected chi connectivity index (χ0v) is 24.6. The van der Waals surface area contributed by atoms with Gasteiger partial charge in [-0.2, -0.15) is 0 Å². The molecule has 0 aromatic carbocycles. The summed E-state index contributed by atoms with van der Waals surface area (Å²) in [4.78, 5) is 12.4. The molecule has 2 saturated heterocycles. The third kappa shape index (κ3) is 10.2. The van der Waals surface area contributed by atoms with Gasteiger partial charge >= 0.3 is 0 Å². The van der Waals surface area contributed by atoms with E-state index < -0.39 is 21.0 Å². The number of nitrogens with one attached hydrogen (secondary N) is 1. The lowest BCUT2D eigenvalue weighted by molar-refractivity contribution is -0.295. The Bertz CT molecular complexity index is 679. The van der Waals surface area contributed by atoms with Crippen LogP contribution in [0, 0.1) is 0 Å². The molecule has 0 aromatic heterocycles. The first-order valence-corrected chi connectivity index (χ1v) is 14.7. The van der Waals surface area contributed by atoms with E-state index in [1.54, 1.807) is 6.08 Å². The van der Waals surface area contributed by atoms with Gasteiger partial charge in [-0.05, 0) is 33.1 Å². The highest BCUT2D eigenvalue weighted by atomic mass is 35.6. The van der Waals surface area contributed by atoms with Crippen molar-refractivity contribution in [1.29, 1.82) is 0 Å². The van der Waals surface area contributed by atoms with Gasteiger partial charge in [0.15, 0.2) is 11.6 Å². The first kappa shape index (κ1) is 32.1. The highest BCUT2D eigenvalue weighted by molar-refractivity contribution is 6.76. The lowest BCUT2D eigenvalue weighted by Crippen LogP contribution is -2.66. The van der Waals surface area contributed by atoms with Crippen molar-refractivity contribution in [2.75, 3.05) is 19.8 Å². The Morgan fingerprint density at radius 1 is 0.944 bits per heavy atom. The fourth-order valence-corrected chi connectivity index (χ4v) is 5.13. The zero-order valence-electron chi connectivity index (χ0n) is 22.4. The summed E-state index contributed by atoms with van der Waals surface area (Å²) in [6.07, 6.45) is 15.6. The van der Waals surface area contributed by atoms with E-state index in [1.165, 1.54) is 38.5 Å². The maximum Gasteiger partial charge on any atom is 0.272 e. The van der Waals surface area contributed by atoms with Crippen LogP contribution >= 0.6 is 34.8 Å². The van der Waals surface area contributed by atoms with E-state index in [-0.39, 0.29) is 18.5 Å². The van der Waals surface area contributed by atoms with Gasteiger partial charge in [-0.3, -0.25) is 4.79 Å². The van der Waals surface area contributed by atoms with Gasteiger partial charge in [0.2, 0.25) is 0 Å². The van der Waals surface area contributed by atoms with Crippen molar-refractivity contribution in [3.05, 3.63) is 12.7 Å². The molecule has 0 aromatic rings. The van der Waals surface area contributed by atoms with Crippen LogP contribution in [-0.4, -0.2) is 52.7 Å². The zero-order chi connectivity index (χ0) is 26.7. The molecule has 0 spiro atoms. The number of carbonyl (C=O) groups excluding carboxylic acids is 1. The number of halogens is 3. The fourth-order valence-electron chi connectivity index (χ4n) is 4.99. The standard InChI is InChI=1S/C27H46Cl3NO5/c1-5-7-8-14-17-26(33-19-20-34-26)18-15-12-10-9-11-13-16-22-25(6-2,21-35-24(3,4)36-22)31-23(32)27(28,29)30/h6,22H,2,5,7-21H2,1,3-4H3,(H,31,32)/t22-,25-/m1/s1. The number of hydrogen-bond donors (Lipinski definition) is 1. The summed E-state index contributed by atoms with van der Waals surface area (Å²) in [6.45, 7) is 11.5. The molecular formula is C27H46Cl3NO5. The molecule has 2 aliphatic rings. The van der Waals surface area contributed by atoms with Gasteiger partial charge in [0.1, 0.15) is 5.54 Å². The van der Waals surface area contributed by atoms with Crippen LogP contribution in [0.3, 0.4) is 0 Å². The van der Waals surface area contributed by atoms with Crippen LogP contribution in [0.25, 0.3) is 0 Å². The summed E-state index contributed by atoms with van der Waals surface area (Å²) >= 11 is 17.4. The van der Waals surface area contributed by atoms with Gasteiger partial charge < -0.3 is 24.3 Å². The van der Waals surface area contributed by atoms with E-state index in [4.69, 9.17) is 53.8 Å². The van der Waals surface area contributed by atoms with Crippen molar-refractivity contribution in [2.45, 2.75) is 131 Å². The third-order valence-corrected chi connectivity index (χ3v) is 7.64. The monoisotopic (exact) mass is 569 g/mol. The molecule has 0 bridgehead atoms. The summed E-state index contributed by atoms with van der Waals surface area (Å²) in [7, 11) is 0. The van der Waals surface area contributed by atoms with E-state index in [1.807, 2.05) is 13.8 Å². The Balaban J connectivity index is 1.73. The average molecular weight is 571 g/mol. The van der Waals surface area contributed by atoms with Crippen molar-refractivity contribution in [1.82, 2.24) is 5.32 Å². The maximum atomic E-state index is 12.4. The van der Waals surface area contributed by atoms with E-state index in [2.05, 4.69) is 18.8 Å². The molecule has 6 nitrogen and oxygen atoms in total. The molecule has 2 rings (SSSR count). The fraction of sp³-hybridized carbons (Fsp3) is 0.889. The van der Waals surface area contributed by atoms with Crippen LogP contribution < -0.4 is 5.32 Å². The number of carbonyl (C=O) groups is 1. The van der Waals surface area contributed by atoms with Gasteiger partial charge in [-0.1, -0.05) is 99.2 Å². The molecule has 0 saturated carbocycles. The Labute approximate surface area is 233 Å². The molecule has 36 heavy (non-hydrogen) atoms. The van der Waals surface area contributed by atoms with Crippen LogP contribution in [0.5, 0.6) is 0 Å². The molecule has 210 valence electrons. The summed E-state index contributed by atoms with van der Waals surface area (Å²) in [6, 6.07) is 0.